The van der Waals surface area contributed by atoms with Gasteiger partial charge in [0.2, 0.25) is 5.91 Å². The average molecular weight is 305 g/mol. The lowest BCUT2D eigenvalue weighted by Crippen LogP contribution is -2.40. The SMILES string of the molecule is Cc1ccc(C(C)(O)CNC(=O)C(C)c2cccc(F)c2)o1. The molecule has 0 aliphatic carbocycles. The zero-order chi connectivity index (χ0) is 16.3. The summed E-state index contributed by atoms with van der Waals surface area (Å²) >= 11 is 0. The molecule has 2 aromatic rings. The van der Waals surface area contributed by atoms with Gasteiger partial charge in [0.15, 0.2) is 0 Å². The van der Waals surface area contributed by atoms with Gasteiger partial charge in [-0.25, -0.2) is 4.39 Å². The van der Waals surface area contributed by atoms with Crippen LogP contribution >= 0.6 is 0 Å². The van der Waals surface area contributed by atoms with Crippen molar-refractivity contribution in [2.24, 2.45) is 0 Å². The molecule has 118 valence electrons. The van der Waals surface area contributed by atoms with Gasteiger partial charge in [0.25, 0.3) is 0 Å². The number of amides is 1. The van der Waals surface area contributed by atoms with Crippen molar-refractivity contribution in [1.82, 2.24) is 5.32 Å². The fourth-order valence-corrected chi connectivity index (χ4v) is 2.15. The first kappa shape index (κ1) is 16.2. The summed E-state index contributed by atoms with van der Waals surface area (Å²) in [5, 5.41) is 13.1. The van der Waals surface area contributed by atoms with E-state index >= 15 is 0 Å². The van der Waals surface area contributed by atoms with Crippen LogP contribution in [0.5, 0.6) is 0 Å². The van der Waals surface area contributed by atoms with E-state index in [0.717, 1.165) is 0 Å². The van der Waals surface area contributed by atoms with Crippen molar-refractivity contribution in [2.45, 2.75) is 32.3 Å². The van der Waals surface area contributed by atoms with Crippen molar-refractivity contribution >= 4 is 5.91 Å². The molecule has 0 bridgehead atoms. The summed E-state index contributed by atoms with van der Waals surface area (Å²) in [5.74, 6) is -0.0902. The van der Waals surface area contributed by atoms with Gasteiger partial charge in [-0.05, 0) is 50.6 Å². The highest BCUT2D eigenvalue weighted by molar-refractivity contribution is 5.83. The van der Waals surface area contributed by atoms with Crippen LogP contribution in [0, 0.1) is 12.7 Å². The number of halogens is 1. The van der Waals surface area contributed by atoms with Crippen molar-refractivity contribution in [1.29, 1.82) is 0 Å². The van der Waals surface area contributed by atoms with Gasteiger partial charge in [0.1, 0.15) is 22.9 Å². The Labute approximate surface area is 129 Å². The van der Waals surface area contributed by atoms with Crippen LogP contribution in [0.1, 0.15) is 36.8 Å². The number of benzene rings is 1. The largest absolute Gasteiger partial charge is 0.463 e. The molecule has 0 aliphatic rings. The summed E-state index contributed by atoms with van der Waals surface area (Å²) in [7, 11) is 0. The van der Waals surface area contributed by atoms with Crippen LogP contribution in [0.25, 0.3) is 0 Å². The second-order valence-electron chi connectivity index (χ2n) is 5.68. The molecule has 1 heterocycles. The molecule has 2 unspecified atom stereocenters. The van der Waals surface area contributed by atoms with E-state index in [-0.39, 0.29) is 18.3 Å². The monoisotopic (exact) mass is 305 g/mol. The molecule has 22 heavy (non-hydrogen) atoms. The zero-order valence-electron chi connectivity index (χ0n) is 12.9. The minimum atomic E-state index is -1.30. The Bertz CT molecular complexity index is 663. The third-order valence-electron chi connectivity index (χ3n) is 3.62. The molecule has 2 atom stereocenters. The lowest BCUT2D eigenvalue weighted by molar-refractivity contribution is -0.123. The molecule has 2 rings (SSSR count). The van der Waals surface area contributed by atoms with Gasteiger partial charge in [0, 0.05) is 0 Å². The summed E-state index contributed by atoms with van der Waals surface area (Å²) in [6.45, 7) is 5.05. The maximum absolute atomic E-state index is 13.2. The predicted molar refractivity (Wildman–Crippen MR) is 80.8 cm³/mol. The van der Waals surface area contributed by atoms with Gasteiger partial charge in [-0.15, -0.1) is 0 Å². The first-order valence-electron chi connectivity index (χ1n) is 7.12. The molecule has 5 heteroatoms. The van der Waals surface area contributed by atoms with E-state index < -0.39 is 11.5 Å². The standard InChI is InChI=1S/C17H20FNO3/c1-11-7-8-15(22-11)17(3,21)10-19-16(20)12(2)13-5-4-6-14(18)9-13/h4-9,12,21H,10H2,1-3H3,(H,19,20). The number of carbonyl (C=O) groups excluding carboxylic acids is 1. The number of furan rings is 1. The van der Waals surface area contributed by atoms with Gasteiger partial charge < -0.3 is 14.8 Å². The molecular weight excluding hydrogens is 285 g/mol. The Morgan fingerprint density at radius 2 is 2.14 bits per heavy atom. The summed E-state index contributed by atoms with van der Waals surface area (Å²) in [6, 6.07) is 9.35. The van der Waals surface area contributed by atoms with Crippen LogP contribution in [0.2, 0.25) is 0 Å². The minimum Gasteiger partial charge on any atom is -0.463 e. The van der Waals surface area contributed by atoms with Crippen LogP contribution < -0.4 is 5.32 Å². The van der Waals surface area contributed by atoms with Crippen LogP contribution in [-0.4, -0.2) is 17.6 Å². The predicted octanol–water partition coefficient (Wildman–Crippen LogP) is 2.85. The summed E-state index contributed by atoms with van der Waals surface area (Å²) < 4.78 is 18.6. The molecule has 0 saturated carbocycles. The second kappa shape index (κ2) is 6.32. The fourth-order valence-electron chi connectivity index (χ4n) is 2.15. The topological polar surface area (TPSA) is 62.5 Å². The Morgan fingerprint density at radius 1 is 1.41 bits per heavy atom. The maximum atomic E-state index is 13.2. The highest BCUT2D eigenvalue weighted by atomic mass is 19.1. The minimum absolute atomic E-state index is 0.0123. The van der Waals surface area contributed by atoms with Crippen molar-refractivity contribution in [3.8, 4) is 0 Å². The van der Waals surface area contributed by atoms with Gasteiger partial charge >= 0.3 is 0 Å². The summed E-state index contributed by atoms with van der Waals surface area (Å²) in [5.41, 5.74) is -0.711. The summed E-state index contributed by atoms with van der Waals surface area (Å²) in [4.78, 5) is 12.2. The van der Waals surface area contributed by atoms with Crippen molar-refractivity contribution < 1.29 is 18.7 Å². The number of rotatable bonds is 5. The van der Waals surface area contributed by atoms with E-state index in [9.17, 15) is 14.3 Å². The van der Waals surface area contributed by atoms with E-state index in [1.165, 1.54) is 12.1 Å². The van der Waals surface area contributed by atoms with Gasteiger partial charge in [-0.3, -0.25) is 4.79 Å². The Morgan fingerprint density at radius 3 is 2.73 bits per heavy atom. The third kappa shape index (κ3) is 3.74. The zero-order valence-corrected chi connectivity index (χ0v) is 12.9. The van der Waals surface area contributed by atoms with Crippen LogP contribution in [-0.2, 0) is 10.4 Å². The number of hydrogen-bond donors (Lipinski definition) is 2. The normalized spacial score (nSPS) is 15.1. The summed E-state index contributed by atoms with van der Waals surface area (Å²) in [6.07, 6.45) is 0. The second-order valence-corrected chi connectivity index (χ2v) is 5.68. The molecule has 4 nitrogen and oxygen atoms in total. The maximum Gasteiger partial charge on any atom is 0.227 e. The van der Waals surface area contributed by atoms with Crippen LogP contribution in [0.4, 0.5) is 4.39 Å². The fraction of sp³-hybridized carbons (Fsp3) is 0.353. The van der Waals surface area contributed by atoms with E-state index in [1.54, 1.807) is 45.0 Å². The quantitative estimate of drug-likeness (QED) is 0.893. The molecule has 0 saturated heterocycles. The third-order valence-corrected chi connectivity index (χ3v) is 3.62. The van der Waals surface area contributed by atoms with E-state index in [4.69, 9.17) is 4.42 Å². The molecule has 1 amide bonds. The van der Waals surface area contributed by atoms with Crippen molar-refractivity contribution in [3.05, 3.63) is 59.3 Å². The molecule has 2 N–H and O–H groups in total. The molecule has 1 aromatic heterocycles. The van der Waals surface area contributed by atoms with Crippen LogP contribution in [0.15, 0.2) is 40.8 Å². The molecule has 0 spiro atoms. The van der Waals surface area contributed by atoms with Crippen molar-refractivity contribution in [3.63, 3.8) is 0 Å². The first-order chi connectivity index (χ1) is 10.3. The number of hydrogen-bond acceptors (Lipinski definition) is 3. The van der Waals surface area contributed by atoms with Gasteiger partial charge in [-0.2, -0.15) is 0 Å². The van der Waals surface area contributed by atoms with Crippen LogP contribution in [0.3, 0.4) is 0 Å². The number of aryl methyl sites for hydroxylation is 1. The lowest BCUT2D eigenvalue weighted by atomic mass is 9.99. The van der Waals surface area contributed by atoms with Crippen molar-refractivity contribution in [2.75, 3.05) is 6.54 Å². The smallest absolute Gasteiger partial charge is 0.227 e. The number of carbonyl (C=O) groups is 1. The Kier molecular flexibility index (Phi) is 4.66. The molecule has 0 aliphatic heterocycles. The molecular formula is C17H20FNO3. The number of nitrogens with one attached hydrogen (secondary N) is 1. The molecule has 0 radical (unpaired) electrons. The van der Waals surface area contributed by atoms with E-state index in [2.05, 4.69) is 5.32 Å². The molecule has 0 fully saturated rings. The average Bonchev–Trinajstić information content (AvgIpc) is 2.91. The van der Waals surface area contributed by atoms with E-state index in [1.807, 2.05) is 0 Å². The lowest BCUT2D eigenvalue weighted by Gasteiger charge is -2.22. The highest BCUT2D eigenvalue weighted by Crippen LogP contribution is 2.23. The number of aliphatic hydroxyl groups is 1. The molecule has 1 aromatic carbocycles. The van der Waals surface area contributed by atoms with Gasteiger partial charge in [0.05, 0.1) is 12.5 Å². The Hall–Kier alpha value is -2.14. The van der Waals surface area contributed by atoms with Gasteiger partial charge in [-0.1, -0.05) is 12.1 Å². The van der Waals surface area contributed by atoms with E-state index in [0.29, 0.717) is 17.1 Å². The first-order valence-corrected chi connectivity index (χ1v) is 7.12. The highest BCUT2D eigenvalue weighted by Gasteiger charge is 2.28. The Balaban J connectivity index is 2.00.